The molecule has 96 valence electrons. The van der Waals surface area contributed by atoms with Crippen LogP contribution in [0.5, 0.6) is 0 Å². The Morgan fingerprint density at radius 1 is 1.11 bits per heavy atom. The predicted octanol–water partition coefficient (Wildman–Crippen LogP) is 3.26. The van der Waals surface area contributed by atoms with E-state index >= 15 is 0 Å². The third-order valence-corrected chi connectivity index (χ3v) is 2.85. The molecule has 4 nitrogen and oxygen atoms in total. The van der Waals surface area contributed by atoms with Crippen molar-refractivity contribution < 1.29 is 0 Å². The molecule has 0 saturated carbocycles. The first-order valence-corrected chi connectivity index (χ1v) is 6.57. The quantitative estimate of drug-likeness (QED) is 0.792. The molecule has 0 atom stereocenters. The zero-order valence-electron chi connectivity index (χ0n) is 11.1. The summed E-state index contributed by atoms with van der Waals surface area (Å²) in [6.45, 7) is 5.49. The Morgan fingerprint density at radius 2 is 1.94 bits per heavy atom. The Hall–Kier alpha value is -1.71. The minimum atomic E-state index is 0.699. The number of nitrogens with zero attached hydrogens (tertiary/aromatic N) is 3. The largest absolute Gasteiger partial charge is 0.370 e. The molecule has 0 spiro atoms. The molecule has 1 N–H and O–H groups in total. The van der Waals surface area contributed by atoms with E-state index in [0.717, 1.165) is 23.8 Å². The maximum Gasteiger partial charge on any atom is 0.180 e. The maximum absolute atomic E-state index is 4.42. The zero-order valence-corrected chi connectivity index (χ0v) is 11.1. The van der Waals surface area contributed by atoms with Crippen molar-refractivity contribution in [2.75, 3.05) is 11.9 Å². The third-order valence-electron chi connectivity index (χ3n) is 2.85. The highest BCUT2D eigenvalue weighted by Crippen LogP contribution is 2.11. The Kier molecular flexibility index (Phi) is 4.45. The highest BCUT2D eigenvalue weighted by molar-refractivity contribution is 5.71. The summed E-state index contributed by atoms with van der Waals surface area (Å²) in [5, 5.41) is 3.33. The van der Waals surface area contributed by atoms with E-state index in [0.29, 0.717) is 5.65 Å². The first-order chi connectivity index (χ1) is 8.75. The van der Waals surface area contributed by atoms with Gasteiger partial charge in [-0.25, -0.2) is 9.97 Å². The van der Waals surface area contributed by atoms with Crippen LogP contribution in [-0.4, -0.2) is 21.5 Å². The van der Waals surface area contributed by atoms with Crippen LogP contribution in [0.25, 0.3) is 11.2 Å². The van der Waals surface area contributed by atoms with Gasteiger partial charge in [-0.2, -0.15) is 0 Å². The minimum Gasteiger partial charge on any atom is -0.370 e. The summed E-state index contributed by atoms with van der Waals surface area (Å²) in [5.74, 6) is 1.67. The standard InChI is InChI=1S/C14H20N4/c1-11(2)5-3-4-8-16-13-7-6-12-14(18-13)17-10-9-15-12/h6-7,9-11H,3-5,8H2,1-2H3,(H,16,17,18). The number of nitrogens with one attached hydrogen (secondary N) is 1. The molecule has 0 bridgehead atoms. The van der Waals surface area contributed by atoms with E-state index in [1.807, 2.05) is 12.1 Å². The molecule has 18 heavy (non-hydrogen) atoms. The Labute approximate surface area is 108 Å². The molecule has 2 aromatic rings. The molecule has 0 aromatic carbocycles. The average molecular weight is 244 g/mol. The molecule has 0 saturated heterocycles. The molecule has 2 rings (SSSR count). The van der Waals surface area contributed by atoms with Crippen LogP contribution in [0.4, 0.5) is 5.82 Å². The van der Waals surface area contributed by atoms with Crippen LogP contribution in [0.1, 0.15) is 33.1 Å². The van der Waals surface area contributed by atoms with Crippen molar-refractivity contribution in [3.05, 3.63) is 24.5 Å². The van der Waals surface area contributed by atoms with Crippen LogP contribution in [-0.2, 0) is 0 Å². The van der Waals surface area contributed by atoms with Gasteiger partial charge < -0.3 is 5.32 Å². The van der Waals surface area contributed by atoms with Gasteiger partial charge in [0.05, 0.1) is 0 Å². The van der Waals surface area contributed by atoms with Gasteiger partial charge in [-0.05, 0) is 24.5 Å². The lowest BCUT2D eigenvalue weighted by Gasteiger charge is -2.07. The van der Waals surface area contributed by atoms with Gasteiger partial charge in [0.1, 0.15) is 11.3 Å². The van der Waals surface area contributed by atoms with Crippen molar-refractivity contribution in [2.24, 2.45) is 5.92 Å². The normalized spacial score (nSPS) is 11.1. The number of anilines is 1. The summed E-state index contributed by atoms with van der Waals surface area (Å²) in [6.07, 6.45) is 7.08. The van der Waals surface area contributed by atoms with Crippen molar-refractivity contribution in [1.29, 1.82) is 0 Å². The van der Waals surface area contributed by atoms with E-state index in [1.165, 1.54) is 19.3 Å². The number of hydrogen-bond donors (Lipinski definition) is 1. The summed E-state index contributed by atoms with van der Waals surface area (Å²) >= 11 is 0. The van der Waals surface area contributed by atoms with E-state index < -0.39 is 0 Å². The van der Waals surface area contributed by atoms with Gasteiger partial charge in [0, 0.05) is 18.9 Å². The monoisotopic (exact) mass is 244 g/mol. The Balaban J connectivity index is 1.84. The average Bonchev–Trinajstić information content (AvgIpc) is 2.38. The molecule has 0 amide bonds. The van der Waals surface area contributed by atoms with Gasteiger partial charge in [-0.3, -0.25) is 4.98 Å². The number of hydrogen-bond acceptors (Lipinski definition) is 4. The fourth-order valence-corrected chi connectivity index (χ4v) is 1.85. The summed E-state index contributed by atoms with van der Waals surface area (Å²) in [4.78, 5) is 12.8. The molecule has 0 radical (unpaired) electrons. The predicted molar refractivity (Wildman–Crippen MR) is 74.5 cm³/mol. The molecule has 0 aliphatic rings. The minimum absolute atomic E-state index is 0.699. The number of fused-ring (bicyclic) bond motifs is 1. The van der Waals surface area contributed by atoms with Gasteiger partial charge in [0.2, 0.25) is 0 Å². The highest BCUT2D eigenvalue weighted by Gasteiger charge is 1.99. The zero-order chi connectivity index (χ0) is 12.8. The van der Waals surface area contributed by atoms with Crippen molar-refractivity contribution in [3.8, 4) is 0 Å². The van der Waals surface area contributed by atoms with Crippen LogP contribution in [0.2, 0.25) is 0 Å². The number of unbranched alkanes of at least 4 members (excludes halogenated alkanes) is 1. The summed E-state index contributed by atoms with van der Waals surface area (Å²) in [6, 6.07) is 3.91. The number of pyridine rings is 1. The van der Waals surface area contributed by atoms with Gasteiger partial charge in [0.25, 0.3) is 0 Å². The van der Waals surface area contributed by atoms with Crippen molar-refractivity contribution in [1.82, 2.24) is 15.0 Å². The molecule has 4 heteroatoms. The van der Waals surface area contributed by atoms with Crippen molar-refractivity contribution in [3.63, 3.8) is 0 Å². The van der Waals surface area contributed by atoms with E-state index in [9.17, 15) is 0 Å². The SMILES string of the molecule is CC(C)CCCCNc1ccc2nccnc2n1. The molecular formula is C14H20N4. The Bertz CT molecular complexity index is 496. The molecule has 0 aliphatic heterocycles. The summed E-state index contributed by atoms with van der Waals surface area (Å²) in [5.41, 5.74) is 1.53. The summed E-state index contributed by atoms with van der Waals surface area (Å²) < 4.78 is 0. The Morgan fingerprint density at radius 3 is 2.78 bits per heavy atom. The number of rotatable bonds is 6. The molecule has 0 unspecified atom stereocenters. The van der Waals surface area contributed by atoms with Crippen molar-refractivity contribution >= 4 is 17.0 Å². The fraction of sp³-hybridized carbons (Fsp3) is 0.500. The van der Waals surface area contributed by atoms with E-state index in [2.05, 4.69) is 34.1 Å². The molecule has 0 fully saturated rings. The van der Waals surface area contributed by atoms with Crippen LogP contribution < -0.4 is 5.32 Å². The van der Waals surface area contributed by atoms with Crippen LogP contribution in [0.15, 0.2) is 24.5 Å². The van der Waals surface area contributed by atoms with Crippen molar-refractivity contribution in [2.45, 2.75) is 33.1 Å². The van der Waals surface area contributed by atoms with Gasteiger partial charge >= 0.3 is 0 Å². The fourth-order valence-electron chi connectivity index (χ4n) is 1.85. The van der Waals surface area contributed by atoms with E-state index in [4.69, 9.17) is 0 Å². The topological polar surface area (TPSA) is 50.7 Å². The van der Waals surface area contributed by atoms with Gasteiger partial charge in [0.15, 0.2) is 5.65 Å². The molecular weight excluding hydrogens is 224 g/mol. The van der Waals surface area contributed by atoms with Gasteiger partial charge in [-0.1, -0.05) is 26.7 Å². The maximum atomic E-state index is 4.42. The van der Waals surface area contributed by atoms with Crippen LogP contribution in [0, 0.1) is 5.92 Å². The lowest BCUT2D eigenvalue weighted by Crippen LogP contribution is -2.04. The van der Waals surface area contributed by atoms with Gasteiger partial charge in [-0.15, -0.1) is 0 Å². The lowest BCUT2D eigenvalue weighted by molar-refractivity contribution is 0.544. The lowest BCUT2D eigenvalue weighted by atomic mass is 10.1. The second kappa shape index (κ2) is 6.28. The molecule has 2 heterocycles. The summed E-state index contributed by atoms with van der Waals surface area (Å²) in [7, 11) is 0. The highest BCUT2D eigenvalue weighted by atomic mass is 15.0. The third kappa shape index (κ3) is 3.65. The number of aromatic nitrogens is 3. The smallest absolute Gasteiger partial charge is 0.180 e. The second-order valence-electron chi connectivity index (χ2n) is 4.91. The molecule has 0 aliphatic carbocycles. The molecule has 2 aromatic heterocycles. The van der Waals surface area contributed by atoms with E-state index in [-0.39, 0.29) is 0 Å². The first kappa shape index (κ1) is 12.7. The van der Waals surface area contributed by atoms with E-state index in [1.54, 1.807) is 12.4 Å². The van der Waals surface area contributed by atoms with Crippen LogP contribution >= 0.6 is 0 Å². The first-order valence-electron chi connectivity index (χ1n) is 6.57. The van der Waals surface area contributed by atoms with Crippen LogP contribution in [0.3, 0.4) is 0 Å². The second-order valence-corrected chi connectivity index (χ2v) is 4.91.